The number of carbonyl (C=O) groups excluding carboxylic acids is 1. The summed E-state index contributed by atoms with van der Waals surface area (Å²) in [5.41, 5.74) is 2.14. The maximum atomic E-state index is 11.3. The summed E-state index contributed by atoms with van der Waals surface area (Å²) in [5, 5.41) is 3.93. The van der Waals surface area contributed by atoms with Gasteiger partial charge in [-0.3, -0.25) is 14.8 Å². The molecule has 0 aliphatic rings. The van der Waals surface area contributed by atoms with Gasteiger partial charge in [0.15, 0.2) is 0 Å². The molecule has 15 heavy (non-hydrogen) atoms. The number of nitrogens with zero attached hydrogens (tertiary/aromatic N) is 4. The van der Waals surface area contributed by atoms with Crippen molar-refractivity contribution in [2.24, 2.45) is 0 Å². The minimum Gasteiger partial charge on any atom is -0.273 e. The van der Waals surface area contributed by atoms with Crippen molar-refractivity contribution in [2.75, 3.05) is 0 Å². The summed E-state index contributed by atoms with van der Waals surface area (Å²) in [4.78, 5) is 19.6. The Bertz CT molecular complexity index is 504. The van der Waals surface area contributed by atoms with Crippen molar-refractivity contribution in [2.45, 2.75) is 13.8 Å². The summed E-state index contributed by atoms with van der Waals surface area (Å²) in [6, 6.07) is 1.75. The third-order valence-corrected chi connectivity index (χ3v) is 2.06. The SMILES string of the molecule is CC(=O)n1nccc1-c1nccnc1C. The summed E-state index contributed by atoms with van der Waals surface area (Å²) in [7, 11) is 0. The van der Waals surface area contributed by atoms with Crippen molar-refractivity contribution >= 4 is 5.91 Å². The number of hydrogen-bond acceptors (Lipinski definition) is 4. The lowest BCUT2D eigenvalue weighted by Gasteiger charge is -2.04. The van der Waals surface area contributed by atoms with Crippen LogP contribution < -0.4 is 0 Å². The molecular weight excluding hydrogens is 192 g/mol. The van der Waals surface area contributed by atoms with Crippen molar-refractivity contribution in [3.8, 4) is 11.4 Å². The predicted molar refractivity (Wildman–Crippen MR) is 54.3 cm³/mol. The van der Waals surface area contributed by atoms with E-state index in [1.165, 1.54) is 11.6 Å². The van der Waals surface area contributed by atoms with Gasteiger partial charge in [-0.15, -0.1) is 0 Å². The van der Waals surface area contributed by atoms with Crippen molar-refractivity contribution in [3.63, 3.8) is 0 Å². The highest BCUT2D eigenvalue weighted by atomic mass is 16.2. The van der Waals surface area contributed by atoms with Gasteiger partial charge in [0.2, 0.25) is 5.91 Å². The van der Waals surface area contributed by atoms with Crippen molar-refractivity contribution < 1.29 is 4.79 Å². The fourth-order valence-corrected chi connectivity index (χ4v) is 1.39. The van der Waals surface area contributed by atoms with Crippen LogP contribution in [0.3, 0.4) is 0 Å². The van der Waals surface area contributed by atoms with Gasteiger partial charge < -0.3 is 0 Å². The molecule has 0 fully saturated rings. The second-order valence-electron chi connectivity index (χ2n) is 3.14. The lowest BCUT2D eigenvalue weighted by Crippen LogP contribution is -2.10. The Morgan fingerprint density at radius 3 is 2.67 bits per heavy atom. The molecule has 2 aromatic rings. The molecule has 0 amide bonds. The minimum atomic E-state index is -0.139. The van der Waals surface area contributed by atoms with Crippen LogP contribution in [0.4, 0.5) is 0 Å². The summed E-state index contributed by atoms with van der Waals surface area (Å²) >= 11 is 0. The van der Waals surface area contributed by atoms with Crippen LogP contribution in [0.2, 0.25) is 0 Å². The second kappa shape index (κ2) is 3.61. The minimum absolute atomic E-state index is 0.139. The van der Waals surface area contributed by atoms with E-state index >= 15 is 0 Å². The van der Waals surface area contributed by atoms with Crippen LogP contribution in [-0.2, 0) is 0 Å². The molecular formula is C10H10N4O. The first-order valence-corrected chi connectivity index (χ1v) is 4.53. The van der Waals surface area contributed by atoms with Gasteiger partial charge in [0.1, 0.15) is 5.69 Å². The van der Waals surface area contributed by atoms with Gasteiger partial charge in [0.05, 0.1) is 17.6 Å². The average molecular weight is 202 g/mol. The molecule has 0 saturated carbocycles. The van der Waals surface area contributed by atoms with Gasteiger partial charge in [0.25, 0.3) is 0 Å². The number of rotatable bonds is 1. The van der Waals surface area contributed by atoms with E-state index in [2.05, 4.69) is 15.1 Å². The van der Waals surface area contributed by atoms with Gasteiger partial charge in [-0.25, -0.2) is 0 Å². The number of aryl methyl sites for hydroxylation is 1. The van der Waals surface area contributed by atoms with Crippen LogP contribution in [-0.4, -0.2) is 25.7 Å². The molecule has 0 saturated heterocycles. The largest absolute Gasteiger partial charge is 0.273 e. The van der Waals surface area contributed by atoms with E-state index in [-0.39, 0.29) is 5.91 Å². The monoisotopic (exact) mass is 202 g/mol. The zero-order valence-electron chi connectivity index (χ0n) is 8.51. The Balaban J connectivity index is 2.59. The molecule has 2 rings (SSSR count). The maximum absolute atomic E-state index is 11.3. The third kappa shape index (κ3) is 1.63. The predicted octanol–water partition coefficient (Wildman–Crippen LogP) is 1.31. The molecule has 5 nitrogen and oxygen atoms in total. The molecule has 0 spiro atoms. The van der Waals surface area contributed by atoms with E-state index in [1.807, 2.05) is 6.92 Å². The van der Waals surface area contributed by atoms with E-state index < -0.39 is 0 Å². The van der Waals surface area contributed by atoms with Gasteiger partial charge in [-0.2, -0.15) is 9.78 Å². The number of hydrogen-bond donors (Lipinski definition) is 0. The lowest BCUT2D eigenvalue weighted by atomic mass is 10.2. The molecule has 0 unspecified atom stereocenters. The second-order valence-corrected chi connectivity index (χ2v) is 3.14. The molecule has 0 bridgehead atoms. The molecule has 76 valence electrons. The van der Waals surface area contributed by atoms with E-state index in [4.69, 9.17) is 0 Å². The zero-order chi connectivity index (χ0) is 10.8. The maximum Gasteiger partial charge on any atom is 0.244 e. The van der Waals surface area contributed by atoms with Crippen LogP contribution in [0.5, 0.6) is 0 Å². The fraction of sp³-hybridized carbons (Fsp3) is 0.200. The first kappa shape index (κ1) is 9.51. The molecule has 0 atom stereocenters. The standard InChI is InChI=1S/C10H10N4O/c1-7-10(12-6-5-11-7)9-3-4-13-14(9)8(2)15/h3-6H,1-2H3. The highest BCUT2D eigenvalue weighted by Gasteiger charge is 2.12. The van der Waals surface area contributed by atoms with Gasteiger partial charge in [0, 0.05) is 19.3 Å². The number of aromatic nitrogens is 4. The van der Waals surface area contributed by atoms with Crippen molar-refractivity contribution in [3.05, 3.63) is 30.4 Å². The van der Waals surface area contributed by atoms with Gasteiger partial charge in [-0.05, 0) is 13.0 Å². The van der Waals surface area contributed by atoms with E-state index in [9.17, 15) is 4.79 Å². The summed E-state index contributed by atoms with van der Waals surface area (Å²) < 4.78 is 1.32. The van der Waals surface area contributed by atoms with Crippen LogP contribution >= 0.6 is 0 Å². The smallest absolute Gasteiger partial charge is 0.244 e. The van der Waals surface area contributed by atoms with Crippen LogP contribution in [0, 0.1) is 6.92 Å². The quantitative estimate of drug-likeness (QED) is 0.699. The van der Waals surface area contributed by atoms with Gasteiger partial charge in [-0.1, -0.05) is 0 Å². The Morgan fingerprint density at radius 2 is 2.00 bits per heavy atom. The summed E-state index contributed by atoms with van der Waals surface area (Å²) in [5.74, 6) is -0.139. The first-order chi connectivity index (χ1) is 7.20. The molecule has 0 N–H and O–H groups in total. The molecule has 2 heterocycles. The molecule has 0 aliphatic carbocycles. The normalized spacial score (nSPS) is 10.3. The first-order valence-electron chi connectivity index (χ1n) is 4.53. The Hall–Kier alpha value is -2.04. The van der Waals surface area contributed by atoms with E-state index in [1.54, 1.807) is 24.7 Å². The molecule has 5 heteroatoms. The highest BCUT2D eigenvalue weighted by Crippen LogP contribution is 2.18. The lowest BCUT2D eigenvalue weighted by molar-refractivity contribution is 0.0923. The number of carbonyl (C=O) groups is 1. The summed E-state index contributed by atoms with van der Waals surface area (Å²) in [6.07, 6.45) is 4.79. The van der Waals surface area contributed by atoms with E-state index in [0.717, 1.165) is 5.69 Å². The molecule has 2 aromatic heterocycles. The third-order valence-electron chi connectivity index (χ3n) is 2.06. The molecule has 0 aliphatic heterocycles. The summed E-state index contributed by atoms with van der Waals surface area (Å²) in [6.45, 7) is 3.31. The fourth-order valence-electron chi connectivity index (χ4n) is 1.39. The van der Waals surface area contributed by atoms with Crippen molar-refractivity contribution in [1.82, 2.24) is 19.7 Å². The van der Waals surface area contributed by atoms with Gasteiger partial charge >= 0.3 is 0 Å². The molecule has 0 aromatic carbocycles. The van der Waals surface area contributed by atoms with Crippen molar-refractivity contribution in [1.29, 1.82) is 0 Å². The average Bonchev–Trinajstić information content (AvgIpc) is 2.67. The Morgan fingerprint density at radius 1 is 1.27 bits per heavy atom. The zero-order valence-corrected chi connectivity index (χ0v) is 8.51. The highest BCUT2D eigenvalue weighted by molar-refractivity contribution is 5.80. The van der Waals surface area contributed by atoms with Crippen LogP contribution in [0.1, 0.15) is 17.4 Å². The Kier molecular flexibility index (Phi) is 2.29. The molecule has 0 radical (unpaired) electrons. The van der Waals surface area contributed by atoms with E-state index in [0.29, 0.717) is 11.4 Å². The topological polar surface area (TPSA) is 60.7 Å². The van der Waals surface area contributed by atoms with Crippen LogP contribution in [0.25, 0.3) is 11.4 Å². The van der Waals surface area contributed by atoms with Crippen LogP contribution in [0.15, 0.2) is 24.7 Å². The Labute approximate surface area is 86.8 Å².